The molecule has 1 aromatic heterocycles. The van der Waals surface area contributed by atoms with Crippen LogP contribution >= 0.6 is 23.2 Å². The molecule has 0 aliphatic carbocycles. The van der Waals surface area contributed by atoms with E-state index in [4.69, 9.17) is 38.0 Å². The van der Waals surface area contributed by atoms with Crippen LogP contribution in [0.15, 0.2) is 42.5 Å². The lowest BCUT2D eigenvalue weighted by atomic mass is 9.99. The Labute approximate surface area is 196 Å². The number of hydrogen-bond donors (Lipinski definition) is 2. The Kier molecular flexibility index (Phi) is 7.16. The van der Waals surface area contributed by atoms with Crippen LogP contribution in [0.5, 0.6) is 0 Å². The largest absolute Gasteiger partial charge is 0.481 e. The number of fused-ring (bicyclic) bond motifs is 1. The smallest absolute Gasteiger partial charge is 0.305 e. The summed E-state index contributed by atoms with van der Waals surface area (Å²) in [5.41, 5.74) is 3.35. The number of rotatable bonds is 8. The van der Waals surface area contributed by atoms with E-state index in [2.05, 4.69) is 4.90 Å². The van der Waals surface area contributed by atoms with Gasteiger partial charge in [0.1, 0.15) is 5.82 Å². The molecule has 1 saturated heterocycles. The van der Waals surface area contributed by atoms with Gasteiger partial charge in [-0.3, -0.25) is 4.79 Å². The quantitative estimate of drug-likeness (QED) is 0.438. The first-order valence-corrected chi connectivity index (χ1v) is 11.3. The van der Waals surface area contributed by atoms with Crippen molar-refractivity contribution in [3.05, 3.63) is 58.1 Å². The van der Waals surface area contributed by atoms with Gasteiger partial charge in [-0.2, -0.15) is 0 Å². The number of carboxylic acid groups (broad SMARTS) is 1. The van der Waals surface area contributed by atoms with Crippen LogP contribution in [0.4, 0.5) is 5.82 Å². The molecule has 0 radical (unpaired) electrons. The van der Waals surface area contributed by atoms with Crippen LogP contribution in [0, 0.1) is 0 Å². The highest BCUT2D eigenvalue weighted by Gasteiger charge is 2.27. The number of carboxylic acids is 1. The fourth-order valence-corrected chi connectivity index (χ4v) is 4.49. The Morgan fingerprint density at radius 1 is 1.22 bits per heavy atom. The molecule has 8 heteroatoms. The van der Waals surface area contributed by atoms with E-state index in [9.17, 15) is 9.90 Å². The predicted molar refractivity (Wildman–Crippen MR) is 127 cm³/mol. The summed E-state index contributed by atoms with van der Waals surface area (Å²) in [5.74, 6) is -0.0962. The van der Waals surface area contributed by atoms with Crippen molar-refractivity contribution in [3.63, 3.8) is 0 Å². The highest BCUT2D eigenvalue weighted by molar-refractivity contribution is 6.45. The third kappa shape index (κ3) is 4.84. The molecular formula is C24H24Cl2N2O4. The molecule has 0 spiro atoms. The first-order chi connectivity index (χ1) is 15.5. The Morgan fingerprint density at radius 2 is 2.06 bits per heavy atom. The molecule has 1 aliphatic rings. The fourth-order valence-electron chi connectivity index (χ4n) is 4.13. The second-order valence-electron chi connectivity index (χ2n) is 7.85. The van der Waals surface area contributed by atoms with Crippen LogP contribution in [0.25, 0.3) is 22.0 Å². The molecule has 1 aliphatic heterocycles. The van der Waals surface area contributed by atoms with Crippen molar-refractivity contribution in [1.29, 1.82) is 0 Å². The summed E-state index contributed by atoms with van der Waals surface area (Å²) in [6.07, 6.45) is 1.91. The lowest BCUT2D eigenvalue weighted by Crippen LogP contribution is -2.34. The maximum Gasteiger partial charge on any atom is 0.305 e. The van der Waals surface area contributed by atoms with Gasteiger partial charge >= 0.3 is 5.97 Å². The molecule has 3 aromatic rings. The van der Waals surface area contributed by atoms with Crippen molar-refractivity contribution >= 4 is 45.9 Å². The van der Waals surface area contributed by atoms with E-state index in [1.54, 1.807) is 6.07 Å². The summed E-state index contributed by atoms with van der Waals surface area (Å²) in [6.45, 7) is 1.40. The van der Waals surface area contributed by atoms with E-state index < -0.39 is 5.97 Å². The van der Waals surface area contributed by atoms with Crippen molar-refractivity contribution in [1.82, 2.24) is 4.98 Å². The van der Waals surface area contributed by atoms with E-state index in [1.165, 1.54) is 0 Å². The Balaban J connectivity index is 1.74. The van der Waals surface area contributed by atoms with Gasteiger partial charge in [-0.05, 0) is 47.7 Å². The third-order valence-corrected chi connectivity index (χ3v) is 6.52. The first kappa shape index (κ1) is 22.8. The van der Waals surface area contributed by atoms with E-state index in [-0.39, 0.29) is 25.7 Å². The van der Waals surface area contributed by atoms with Crippen molar-refractivity contribution in [3.8, 4) is 11.1 Å². The maximum absolute atomic E-state index is 10.7. The number of aliphatic carboxylic acids is 1. The molecule has 0 saturated carbocycles. The molecule has 4 rings (SSSR count). The highest BCUT2D eigenvalue weighted by atomic mass is 35.5. The number of halogens is 2. The van der Waals surface area contributed by atoms with E-state index in [0.717, 1.165) is 47.3 Å². The summed E-state index contributed by atoms with van der Waals surface area (Å²) < 4.78 is 5.63. The molecule has 0 unspecified atom stereocenters. The minimum atomic E-state index is -0.870. The van der Waals surface area contributed by atoms with Gasteiger partial charge in [0.15, 0.2) is 0 Å². The van der Waals surface area contributed by atoms with Gasteiger partial charge in [-0.15, -0.1) is 0 Å². The number of carbonyl (C=O) groups is 1. The van der Waals surface area contributed by atoms with E-state index in [0.29, 0.717) is 22.2 Å². The van der Waals surface area contributed by atoms with Crippen LogP contribution in [0.1, 0.15) is 24.8 Å². The summed E-state index contributed by atoms with van der Waals surface area (Å²) in [5, 5.41) is 20.1. The van der Waals surface area contributed by atoms with Gasteiger partial charge in [0, 0.05) is 11.9 Å². The van der Waals surface area contributed by atoms with Crippen LogP contribution < -0.4 is 4.90 Å². The number of pyridine rings is 1. The zero-order chi connectivity index (χ0) is 22.7. The standard InChI is InChI=1S/C24H24Cl2N2O4/c25-20-7-6-18-19(16-4-1-3-15(11-16)13-29)12-21(27-24(18)23(20)26)28-9-2-5-17(28)14-32-10-8-22(30)31/h1,3-4,6-7,11-12,17,29H,2,5,8-10,13-14H2,(H,30,31)/t17-/m0/s1. The molecule has 2 N–H and O–H groups in total. The van der Waals surface area contributed by atoms with Gasteiger partial charge in [0.05, 0.1) is 47.8 Å². The zero-order valence-corrected chi connectivity index (χ0v) is 18.9. The average Bonchev–Trinajstić information content (AvgIpc) is 3.27. The number of anilines is 1. The SMILES string of the molecule is O=C(O)CCOC[C@@H]1CCCN1c1cc(-c2cccc(CO)c2)c2ccc(Cl)c(Cl)c2n1. The summed E-state index contributed by atoms with van der Waals surface area (Å²) in [7, 11) is 0. The van der Waals surface area contributed by atoms with Gasteiger partial charge in [0.25, 0.3) is 0 Å². The molecule has 2 heterocycles. The van der Waals surface area contributed by atoms with Crippen LogP contribution in [0.3, 0.4) is 0 Å². The van der Waals surface area contributed by atoms with Crippen LogP contribution in [-0.4, -0.2) is 47.0 Å². The lowest BCUT2D eigenvalue weighted by molar-refractivity contribution is -0.138. The zero-order valence-electron chi connectivity index (χ0n) is 17.4. The second-order valence-corrected chi connectivity index (χ2v) is 8.64. The summed E-state index contributed by atoms with van der Waals surface area (Å²) in [4.78, 5) is 17.8. The Morgan fingerprint density at radius 3 is 2.84 bits per heavy atom. The molecule has 1 atom stereocenters. The molecule has 1 fully saturated rings. The number of aromatic nitrogens is 1. The number of aliphatic hydroxyl groups excluding tert-OH is 1. The number of benzene rings is 2. The highest BCUT2D eigenvalue weighted by Crippen LogP contribution is 2.39. The minimum absolute atomic E-state index is 0.0135. The molecular weight excluding hydrogens is 451 g/mol. The van der Waals surface area contributed by atoms with Crippen molar-refractivity contribution in [2.24, 2.45) is 0 Å². The Hall–Kier alpha value is -2.38. The summed E-state index contributed by atoms with van der Waals surface area (Å²) in [6, 6.07) is 13.6. The normalized spacial score (nSPS) is 16.1. The van der Waals surface area contributed by atoms with E-state index >= 15 is 0 Å². The van der Waals surface area contributed by atoms with Crippen molar-refractivity contribution in [2.75, 3.05) is 24.7 Å². The van der Waals surface area contributed by atoms with Gasteiger partial charge < -0.3 is 19.8 Å². The fraction of sp³-hybridized carbons (Fsp3) is 0.333. The van der Waals surface area contributed by atoms with Crippen LogP contribution in [0.2, 0.25) is 10.0 Å². The van der Waals surface area contributed by atoms with Crippen molar-refractivity contribution in [2.45, 2.75) is 31.9 Å². The third-order valence-electron chi connectivity index (χ3n) is 5.72. The molecule has 6 nitrogen and oxygen atoms in total. The number of aliphatic hydroxyl groups is 1. The lowest BCUT2D eigenvalue weighted by Gasteiger charge is -2.27. The average molecular weight is 475 g/mol. The van der Waals surface area contributed by atoms with Gasteiger partial charge in [-0.1, -0.05) is 47.5 Å². The van der Waals surface area contributed by atoms with Crippen LogP contribution in [-0.2, 0) is 16.1 Å². The van der Waals surface area contributed by atoms with Gasteiger partial charge in [0.2, 0.25) is 0 Å². The first-order valence-electron chi connectivity index (χ1n) is 10.5. The minimum Gasteiger partial charge on any atom is -0.481 e. The topological polar surface area (TPSA) is 82.9 Å². The predicted octanol–water partition coefficient (Wildman–Crippen LogP) is 5.16. The Bertz CT molecular complexity index is 1140. The van der Waals surface area contributed by atoms with E-state index in [1.807, 2.05) is 36.4 Å². The molecule has 2 aromatic carbocycles. The molecule has 0 amide bonds. The number of ether oxygens (including phenoxy) is 1. The molecule has 168 valence electrons. The maximum atomic E-state index is 10.7. The molecule has 32 heavy (non-hydrogen) atoms. The second kappa shape index (κ2) is 10.0. The summed E-state index contributed by atoms with van der Waals surface area (Å²) >= 11 is 12.9. The number of hydrogen-bond acceptors (Lipinski definition) is 5. The van der Waals surface area contributed by atoms with Gasteiger partial charge in [-0.25, -0.2) is 4.98 Å². The van der Waals surface area contributed by atoms with Crippen molar-refractivity contribution < 1.29 is 19.7 Å². The number of nitrogens with zero attached hydrogens (tertiary/aromatic N) is 2. The molecule has 0 bridgehead atoms. The monoisotopic (exact) mass is 474 g/mol.